The Bertz CT molecular complexity index is 686. The van der Waals surface area contributed by atoms with Crippen LogP contribution in [0.15, 0.2) is 18.2 Å². The maximum Gasteiger partial charge on any atom is 0.293 e. The van der Waals surface area contributed by atoms with Crippen LogP contribution in [0.5, 0.6) is 0 Å². The fourth-order valence-corrected chi connectivity index (χ4v) is 2.24. The molecule has 0 saturated carbocycles. The van der Waals surface area contributed by atoms with Crippen molar-refractivity contribution in [2.45, 2.75) is 13.3 Å². The average molecular weight is 308 g/mol. The largest absolute Gasteiger partial charge is 0.318 e. The number of hydrogen-bond acceptors (Lipinski definition) is 8. The molecule has 110 valence electrons. The Morgan fingerprint density at radius 2 is 2.24 bits per heavy atom. The number of rotatable bonds is 5. The molecule has 1 heterocycles. The SMILES string of the molecule is CCc1nnc(NC(=O)c2ccc([N+](=O)[O-])c(NN)c2)s1. The predicted molar refractivity (Wildman–Crippen MR) is 78.1 cm³/mol. The number of nitro groups is 1. The summed E-state index contributed by atoms with van der Waals surface area (Å²) < 4.78 is 0. The first-order chi connectivity index (χ1) is 10.0. The molecule has 0 spiro atoms. The Kier molecular flexibility index (Phi) is 4.40. The molecule has 0 aliphatic carbocycles. The minimum absolute atomic E-state index is 0.0548. The molecule has 0 aliphatic rings. The van der Waals surface area contributed by atoms with Gasteiger partial charge < -0.3 is 5.43 Å². The number of aryl methyl sites for hydroxylation is 1. The number of nitrogens with two attached hydrogens (primary N) is 1. The van der Waals surface area contributed by atoms with Crippen molar-refractivity contribution in [1.29, 1.82) is 0 Å². The van der Waals surface area contributed by atoms with E-state index in [-0.39, 0.29) is 16.9 Å². The number of nitrogens with one attached hydrogen (secondary N) is 2. The molecular weight excluding hydrogens is 296 g/mol. The first-order valence-corrected chi connectivity index (χ1v) is 6.75. The topological polar surface area (TPSA) is 136 Å². The summed E-state index contributed by atoms with van der Waals surface area (Å²) in [5, 5.41) is 22.3. The molecule has 0 atom stereocenters. The molecular formula is C11H12N6O3S. The van der Waals surface area contributed by atoms with Crippen LogP contribution in [-0.4, -0.2) is 21.0 Å². The van der Waals surface area contributed by atoms with Crippen LogP contribution in [0.3, 0.4) is 0 Å². The number of benzene rings is 1. The van der Waals surface area contributed by atoms with Crippen molar-refractivity contribution < 1.29 is 9.72 Å². The van der Waals surface area contributed by atoms with E-state index in [9.17, 15) is 14.9 Å². The lowest BCUT2D eigenvalue weighted by Gasteiger charge is -2.05. The molecule has 2 aromatic rings. The van der Waals surface area contributed by atoms with Gasteiger partial charge in [0.15, 0.2) is 0 Å². The number of aromatic nitrogens is 2. The van der Waals surface area contributed by atoms with E-state index in [1.165, 1.54) is 29.5 Å². The standard InChI is InChI=1S/C11H12N6O3S/c1-2-9-15-16-11(21-9)13-10(18)6-3-4-8(17(19)20)7(5-6)14-12/h3-5,14H,2,12H2,1H3,(H,13,16,18). The normalized spacial score (nSPS) is 10.2. The number of anilines is 2. The smallest absolute Gasteiger partial charge is 0.293 e. The van der Waals surface area contributed by atoms with Crippen LogP contribution >= 0.6 is 11.3 Å². The van der Waals surface area contributed by atoms with Crippen LogP contribution in [0.1, 0.15) is 22.3 Å². The van der Waals surface area contributed by atoms with Crippen molar-refractivity contribution in [3.8, 4) is 0 Å². The maximum atomic E-state index is 12.1. The Hall–Kier alpha value is -2.59. The lowest BCUT2D eigenvalue weighted by Crippen LogP contribution is -2.14. The van der Waals surface area contributed by atoms with E-state index in [1.807, 2.05) is 6.92 Å². The summed E-state index contributed by atoms with van der Waals surface area (Å²) in [5.41, 5.74) is 2.27. The summed E-state index contributed by atoms with van der Waals surface area (Å²) >= 11 is 1.27. The molecule has 2 rings (SSSR count). The van der Waals surface area contributed by atoms with Crippen molar-refractivity contribution in [3.05, 3.63) is 38.9 Å². The number of hydrogen-bond donors (Lipinski definition) is 3. The van der Waals surface area contributed by atoms with Crippen molar-refractivity contribution in [1.82, 2.24) is 10.2 Å². The van der Waals surface area contributed by atoms with Gasteiger partial charge in [-0.1, -0.05) is 18.3 Å². The summed E-state index contributed by atoms with van der Waals surface area (Å²) in [4.78, 5) is 22.2. The van der Waals surface area contributed by atoms with Crippen LogP contribution in [0, 0.1) is 10.1 Å². The molecule has 1 aromatic heterocycles. The van der Waals surface area contributed by atoms with Crippen LogP contribution in [0.2, 0.25) is 0 Å². The molecule has 0 bridgehead atoms. The molecule has 0 fully saturated rings. The lowest BCUT2D eigenvalue weighted by molar-refractivity contribution is -0.384. The molecule has 0 aliphatic heterocycles. The second-order valence-corrected chi connectivity index (χ2v) is 5.00. The second-order valence-electron chi connectivity index (χ2n) is 3.94. The molecule has 1 aromatic carbocycles. The molecule has 9 nitrogen and oxygen atoms in total. The van der Waals surface area contributed by atoms with Crippen molar-refractivity contribution in [2.24, 2.45) is 5.84 Å². The molecule has 21 heavy (non-hydrogen) atoms. The van der Waals surface area contributed by atoms with E-state index in [4.69, 9.17) is 5.84 Å². The van der Waals surface area contributed by atoms with E-state index in [1.54, 1.807) is 0 Å². The van der Waals surface area contributed by atoms with Crippen molar-refractivity contribution >= 4 is 33.8 Å². The van der Waals surface area contributed by atoms with E-state index >= 15 is 0 Å². The van der Waals surface area contributed by atoms with Crippen molar-refractivity contribution in [3.63, 3.8) is 0 Å². The number of carbonyl (C=O) groups excluding carboxylic acids is 1. The van der Waals surface area contributed by atoms with Gasteiger partial charge in [-0.25, -0.2) is 0 Å². The summed E-state index contributed by atoms with van der Waals surface area (Å²) in [6.45, 7) is 1.93. The summed E-state index contributed by atoms with van der Waals surface area (Å²) in [5.74, 6) is 4.78. The fraction of sp³-hybridized carbons (Fsp3) is 0.182. The minimum Gasteiger partial charge on any atom is -0.318 e. The Balaban J connectivity index is 2.21. The first-order valence-electron chi connectivity index (χ1n) is 5.94. The van der Waals surface area contributed by atoms with Crippen LogP contribution in [0.4, 0.5) is 16.5 Å². The molecule has 4 N–H and O–H groups in total. The van der Waals surface area contributed by atoms with Gasteiger partial charge in [0.2, 0.25) is 5.13 Å². The van der Waals surface area contributed by atoms with Gasteiger partial charge in [-0.2, -0.15) is 0 Å². The van der Waals surface area contributed by atoms with Crippen LogP contribution in [0.25, 0.3) is 0 Å². The zero-order chi connectivity index (χ0) is 15.4. The van der Waals surface area contributed by atoms with E-state index in [0.29, 0.717) is 5.13 Å². The summed E-state index contributed by atoms with van der Waals surface area (Å²) in [7, 11) is 0. The molecule has 1 amide bonds. The highest BCUT2D eigenvalue weighted by Gasteiger charge is 2.17. The highest BCUT2D eigenvalue weighted by atomic mass is 32.1. The summed E-state index contributed by atoms with van der Waals surface area (Å²) in [6.07, 6.45) is 0.728. The molecule has 10 heteroatoms. The number of nitrogens with zero attached hydrogens (tertiary/aromatic N) is 3. The lowest BCUT2D eigenvalue weighted by atomic mass is 10.1. The van der Waals surface area contributed by atoms with Gasteiger partial charge in [-0.05, 0) is 18.6 Å². The summed E-state index contributed by atoms with van der Waals surface area (Å²) in [6, 6.07) is 3.85. The average Bonchev–Trinajstić information content (AvgIpc) is 2.93. The third-order valence-corrected chi connectivity index (χ3v) is 3.58. The van der Waals surface area contributed by atoms with E-state index in [2.05, 4.69) is 20.9 Å². The molecule has 0 unspecified atom stereocenters. The third kappa shape index (κ3) is 3.30. The van der Waals surface area contributed by atoms with Gasteiger partial charge >= 0.3 is 0 Å². The third-order valence-electron chi connectivity index (χ3n) is 2.60. The number of nitrogen functional groups attached to an aromatic ring is 1. The van der Waals surface area contributed by atoms with Gasteiger partial charge in [0, 0.05) is 11.6 Å². The number of hydrazine groups is 1. The zero-order valence-electron chi connectivity index (χ0n) is 11.0. The van der Waals surface area contributed by atoms with Gasteiger partial charge in [0.1, 0.15) is 10.7 Å². The van der Waals surface area contributed by atoms with Crippen LogP contribution < -0.4 is 16.6 Å². The van der Waals surface area contributed by atoms with Gasteiger partial charge in [0.05, 0.1) is 4.92 Å². The van der Waals surface area contributed by atoms with Gasteiger partial charge in [-0.3, -0.25) is 26.1 Å². The van der Waals surface area contributed by atoms with Crippen molar-refractivity contribution in [2.75, 3.05) is 10.7 Å². The Labute approximate surface area is 123 Å². The van der Waals surface area contributed by atoms with E-state index < -0.39 is 10.8 Å². The van der Waals surface area contributed by atoms with E-state index in [0.717, 1.165) is 11.4 Å². The predicted octanol–water partition coefficient (Wildman–Crippen LogP) is 1.55. The minimum atomic E-state index is -0.588. The number of nitro benzene ring substituents is 1. The Morgan fingerprint density at radius 1 is 1.48 bits per heavy atom. The van der Waals surface area contributed by atoms with Gasteiger partial charge in [-0.15, -0.1) is 10.2 Å². The monoisotopic (exact) mass is 308 g/mol. The molecule has 0 radical (unpaired) electrons. The van der Waals surface area contributed by atoms with Crippen LogP contribution in [-0.2, 0) is 6.42 Å². The Morgan fingerprint density at radius 3 is 2.81 bits per heavy atom. The molecule has 0 saturated heterocycles. The first kappa shape index (κ1) is 14.8. The number of amides is 1. The number of carbonyl (C=O) groups is 1. The second kappa shape index (κ2) is 6.24. The maximum absolute atomic E-state index is 12.1. The van der Waals surface area contributed by atoms with Gasteiger partial charge in [0.25, 0.3) is 11.6 Å². The highest BCUT2D eigenvalue weighted by Crippen LogP contribution is 2.25. The fourth-order valence-electron chi connectivity index (χ4n) is 1.57. The quantitative estimate of drug-likeness (QED) is 0.433. The zero-order valence-corrected chi connectivity index (χ0v) is 11.8. The highest BCUT2D eigenvalue weighted by molar-refractivity contribution is 7.15.